The summed E-state index contributed by atoms with van der Waals surface area (Å²) in [6.45, 7) is 2.20. The standard InChI is InChI=1S/C16H16F2N2S/c1-11-6-7-13(10-15(11)18)20-16(21)19-9-8-12-4-2-3-5-14(12)17/h2-7,10H,8-9H2,1H3,(H2,19,20,21). The molecule has 0 atom stereocenters. The van der Waals surface area contributed by atoms with E-state index in [1.54, 1.807) is 37.3 Å². The van der Waals surface area contributed by atoms with Gasteiger partial charge in [-0.3, -0.25) is 0 Å². The van der Waals surface area contributed by atoms with E-state index in [2.05, 4.69) is 10.6 Å². The molecule has 5 heteroatoms. The van der Waals surface area contributed by atoms with E-state index < -0.39 is 0 Å². The summed E-state index contributed by atoms with van der Waals surface area (Å²) >= 11 is 5.12. The lowest BCUT2D eigenvalue weighted by molar-refractivity contribution is 0.607. The molecular formula is C16H16F2N2S. The third-order valence-corrected chi connectivity index (χ3v) is 3.31. The van der Waals surface area contributed by atoms with Crippen LogP contribution in [-0.2, 0) is 6.42 Å². The molecule has 0 radical (unpaired) electrons. The summed E-state index contributed by atoms with van der Waals surface area (Å²) in [5.41, 5.74) is 1.80. The fourth-order valence-corrected chi connectivity index (χ4v) is 2.08. The van der Waals surface area contributed by atoms with Crippen LogP contribution in [0.15, 0.2) is 42.5 Å². The van der Waals surface area contributed by atoms with Crippen molar-refractivity contribution in [2.75, 3.05) is 11.9 Å². The highest BCUT2D eigenvalue weighted by molar-refractivity contribution is 7.80. The van der Waals surface area contributed by atoms with Crippen LogP contribution in [0.4, 0.5) is 14.5 Å². The molecule has 2 aromatic rings. The van der Waals surface area contributed by atoms with Gasteiger partial charge in [0.1, 0.15) is 11.6 Å². The normalized spacial score (nSPS) is 10.2. The maximum atomic E-state index is 13.4. The lowest BCUT2D eigenvalue weighted by atomic mass is 10.1. The highest BCUT2D eigenvalue weighted by Gasteiger charge is 2.03. The monoisotopic (exact) mass is 306 g/mol. The molecule has 2 rings (SSSR count). The van der Waals surface area contributed by atoms with Crippen molar-refractivity contribution in [2.24, 2.45) is 0 Å². The van der Waals surface area contributed by atoms with Crippen molar-refractivity contribution in [2.45, 2.75) is 13.3 Å². The van der Waals surface area contributed by atoms with Crippen molar-refractivity contribution in [3.63, 3.8) is 0 Å². The Labute approximate surface area is 128 Å². The van der Waals surface area contributed by atoms with Crippen molar-refractivity contribution in [3.8, 4) is 0 Å². The first-order valence-electron chi connectivity index (χ1n) is 6.60. The minimum atomic E-state index is -0.283. The molecule has 21 heavy (non-hydrogen) atoms. The fraction of sp³-hybridized carbons (Fsp3) is 0.188. The number of rotatable bonds is 4. The van der Waals surface area contributed by atoms with Crippen molar-refractivity contribution >= 4 is 23.0 Å². The molecule has 0 saturated heterocycles. The Morgan fingerprint density at radius 1 is 1.10 bits per heavy atom. The maximum Gasteiger partial charge on any atom is 0.170 e. The molecule has 0 saturated carbocycles. The summed E-state index contributed by atoms with van der Waals surface area (Å²) in [5.74, 6) is -0.507. The number of halogens is 2. The van der Waals surface area contributed by atoms with Crippen molar-refractivity contribution in [3.05, 3.63) is 65.2 Å². The molecule has 0 heterocycles. The van der Waals surface area contributed by atoms with Crippen LogP contribution < -0.4 is 10.6 Å². The third-order valence-electron chi connectivity index (χ3n) is 3.07. The second-order valence-corrected chi connectivity index (χ2v) is 5.09. The van der Waals surface area contributed by atoms with Crippen molar-refractivity contribution in [1.29, 1.82) is 0 Å². The molecule has 2 aromatic carbocycles. The Kier molecular flexibility index (Phi) is 5.22. The molecule has 0 spiro atoms. The van der Waals surface area contributed by atoms with Gasteiger partial charge in [0.15, 0.2) is 5.11 Å². The Bertz CT molecular complexity index is 644. The van der Waals surface area contributed by atoms with E-state index in [-0.39, 0.29) is 11.6 Å². The van der Waals surface area contributed by atoms with E-state index in [9.17, 15) is 8.78 Å². The van der Waals surface area contributed by atoms with Crippen LogP contribution in [0.2, 0.25) is 0 Å². The number of hydrogen-bond donors (Lipinski definition) is 2. The van der Waals surface area contributed by atoms with Crippen molar-refractivity contribution < 1.29 is 8.78 Å². The van der Waals surface area contributed by atoms with E-state index in [1.165, 1.54) is 12.1 Å². The Morgan fingerprint density at radius 2 is 1.86 bits per heavy atom. The summed E-state index contributed by atoms with van der Waals surface area (Å²) < 4.78 is 26.8. The summed E-state index contributed by atoms with van der Waals surface area (Å²) in [5, 5.41) is 6.25. The zero-order valence-corrected chi connectivity index (χ0v) is 12.4. The molecule has 0 fully saturated rings. The first-order valence-corrected chi connectivity index (χ1v) is 7.01. The second-order valence-electron chi connectivity index (χ2n) is 4.69. The first-order chi connectivity index (χ1) is 10.1. The van der Waals surface area contributed by atoms with Crippen LogP contribution in [0.25, 0.3) is 0 Å². The molecule has 2 nitrogen and oxygen atoms in total. The van der Waals surface area contributed by atoms with Gasteiger partial charge in [-0.1, -0.05) is 24.3 Å². The van der Waals surface area contributed by atoms with E-state index in [0.717, 1.165) is 0 Å². The van der Waals surface area contributed by atoms with E-state index >= 15 is 0 Å². The minimum absolute atomic E-state index is 0.223. The highest BCUT2D eigenvalue weighted by atomic mass is 32.1. The second kappa shape index (κ2) is 7.13. The van der Waals surface area contributed by atoms with Crippen LogP contribution in [0.1, 0.15) is 11.1 Å². The minimum Gasteiger partial charge on any atom is -0.362 e. The number of nitrogens with one attached hydrogen (secondary N) is 2. The van der Waals surface area contributed by atoms with E-state index in [1.807, 2.05) is 0 Å². The SMILES string of the molecule is Cc1ccc(NC(=S)NCCc2ccccc2F)cc1F. The summed E-state index contributed by atoms with van der Waals surface area (Å²) in [7, 11) is 0. The number of benzene rings is 2. The van der Waals surface area contributed by atoms with Gasteiger partial charge in [-0.25, -0.2) is 8.78 Å². The topological polar surface area (TPSA) is 24.1 Å². The van der Waals surface area contributed by atoms with E-state index in [4.69, 9.17) is 12.2 Å². The van der Waals surface area contributed by atoms with Gasteiger partial charge < -0.3 is 10.6 Å². The third kappa shape index (κ3) is 4.49. The number of anilines is 1. The zero-order valence-electron chi connectivity index (χ0n) is 11.6. The molecule has 0 aliphatic carbocycles. The average molecular weight is 306 g/mol. The molecule has 0 bridgehead atoms. The van der Waals surface area contributed by atoms with Gasteiger partial charge in [0.2, 0.25) is 0 Å². The Balaban J connectivity index is 1.82. The first kappa shape index (κ1) is 15.4. The lowest BCUT2D eigenvalue weighted by Crippen LogP contribution is -2.30. The zero-order chi connectivity index (χ0) is 15.2. The molecule has 0 aliphatic rings. The van der Waals surface area contributed by atoms with Crippen LogP contribution in [-0.4, -0.2) is 11.7 Å². The van der Waals surface area contributed by atoms with Gasteiger partial charge in [0.05, 0.1) is 0 Å². The molecule has 0 aliphatic heterocycles. The summed E-state index contributed by atoms with van der Waals surface area (Å²) in [4.78, 5) is 0. The largest absolute Gasteiger partial charge is 0.362 e. The predicted octanol–water partition coefficient (Wildman–Crippen LogP) is 3.80. The summed E-state index contributed by atoms with van der Waals surface area (Å²) in [6, 6.07) is 11.4. The van der Waals surface area contributed by atoms with Crippen LogP contribution in [0, 0.1) is 18.6 Å². The smallest absolute Gasteiger partial charge is 0.170 e. The molecular weight excluding hydrogens is 290 g/mol. The van der Waals surface area contributed by atoms with Crippen LogP contribution in [0.5, 0.6) is 0 Å². The number of aryl methyl sites for hydroxylation is 1. The molecule has 110 valence electrons. The predicted molar refractivity (Wildman–Crippen MR) is 85.5 cm³/mol. The highest BCUT2D eigenvalue weighted by Crippen LogP contribution is 2.13. The average Bonchev–Trinajstić information content (AvgIpc) is 2.45. The van der Waals surface area contributed by atoms with Gasteiger partial charge in [0, 0.05) is 12.2 Å². The van der Waals surface area contributed by atoms with Gasteiger partial charge >= 0.3 is 0 Å². The maximum absolute atomic E-state index is 13.4. The van der Waals surface area contributed by atoms with E-state index in [0.29, 0.717) is 34.9 Å². The number of hydrogen-bond acceptors (Lipinski definition) is 1. The molecule has 2 N–H and O–H groups in total. The Morgan fingerprint density at radius 3 is 2.57 bits per heavy atom. The lowest BCUT2D eigenvalue weighted by Gasteiger charge is -2.11. The Hall–Kier alpha value is -2.01. The number of thiocarbonyl (C=S) groups is 1. The van der Waals surface area contributed by atoms with Gasteiger partial charge in [0.25, 0.3) is 0 Å². The van der Waals surface area contributed by atoms with Crippen LogP contribution >= 0.6 is 12.2 Å². The fourth-order valence-electron chi connectivity index (χ4n) is 1.86. The quantitative estimate of drug-likeness (QED) is 0.840. The van der Waals surface area contributed by atoms with Gasteiger partial charge in [-0.05, 0) is 54.9 Å². The molecule has 0 aromatic heterocycles. The molecule has 0 amide bonds. The van der Waals surface area contributed by atoms with Crippen molar-refractivity contribution in [1.82, 2.24) is 5.32 Å². The van der Waals surface area contributed by atoms with Gasteiger partial charge in [-0.2, -0.15) is 0 Å². The van der Waals surface area contributed by atoms with Crippen LogP contribution in [0.3, 0.4) is 0 Å². The molecule has 0 unspecified atom stereocenters. The van der Waals surface area contributed by atoms with Gasteiger partial charge in [-0.15, -0.1) is 0 Å². The summed E-state index contributed by atoms with van der Waals surface area (Å²) in [6.07, 6.45) is 0.525.